The van der Waals surface area contributed by atoms with Crippen LogP contribution < -0.4 is 5.32 Å². The van der Waals surface area contributed by atoms with Crippen LogP contribution in [0.15, 0.2) is 0 Å². The Morgan fingerprint density at radius 2 is 1.93 bits per heavy atom. The normalized spacial score (nSPS) is 39.9. The molecule has 2 saturated heterocycles. The average molecular weight is 197 g/mol. The molecular weight excluding hydrogens is 182 g/mol. The van der Waals surface area contributed by atoms with Crippen LogP contribution in [0.3, 0.4) is 0 Å². The Hall–Kier alpha value is -0.610. The summed E-state index contributed by atoms with van der Waals surface area (Å²) < 4.78 is 11.3. The minimum absolute atomic E-state index is 0.182. The van der Waals surface area contributed by atoms with Gasteiger partial charge in [-0.3, -0.25) is 4.79 Å². The number of amides is 1. The summed E-state index contributed by atoms with van der Waals surface area (Å²) in [5, 5.41) is 2.91. The van der Waals surface area contributed by atoms with E-state index in [9.17, 15) is 4.79 Å². The van der Waals surface area contributed by atoms with Crippen LogP contribution >= 0.6 is 0 Å². The maximum atomic E-state index is 11.2. The van der Waals surface area contributed by atoms with Gasteiger partial charge in [0.25, 0.3) is 0 Å². The third-order valence-electron chi connectivity index (χ3n) is 3.64. The molecule has 3 fully saturated rings. The predicted molar refractivity (Wildman–Crippen MR) is 48.5 cm³/mol. The van der Waals surface area contributed by atoms with Gasteiger partial charge in [0.15, 0.2) is 5.79 Å². The maximum Gasteiger partial charge on any atom is 0.220 e. The van der Waals surface area contributed by atoms with E-state index in [1.807, 2.05) is 0 Å². The van der Waals surface area contributed by atoms with Crippen molar-refractivity contribution in [3.8, 4) is 0 Å². The van der Waals surface area contributed by atoms with E-state index in [0.717, 1.165) is 19.4 Å². The number of hydrogen-bond donors (Lipinski definition) is 1. The Morgan fingerprint density at radius 1 is 1.21 bits per heavy atom. The van der Waals surface area contributed by atoms with Crippen LogP contribution in [0.25, 0.3) is 0 Å². The van der Waals surface area contributed by atoms with Gasteiger partial charge in [0, 0.05) is 25.8 Å². The van der Waals surface area contributed by atoms with Crippen LogP contribution in [-0.2, 0) is 14.3 Å². The van der Waals surface area contributed by atoms with Gasteiger partial charge in [-0.2, -0.15) is 0 Å². The molecule has 2 aliphatic heterocycles. The molecule has 2 heterocycles. The van der Waals surface area contributed by atoms with Gasteiger partial charge in [-0.1, -0.05) is 0 Å². The van der Waals surface area contributed by atoms with Crippen molar-refractivity contribution in [2.45, 2.75) is 25.0 Å². The second-order valence-corrected chi connectivity index (χ2v) is 4.54. The van der Waals surface area contributed by atoms with Gasteiger partial charge in [-0.15, -0.1) is 0 Å². The zero-order valence-electron chi connectivity index (χ0n) is 8.12. The highest BCUT2D eigenvalue weighted by molar-refractivity contribution is 5.77. The number of fused-ring (bicyclic) bond motifs is 1. The molecule has 0 radical (unpaired) electrons. The molecule has 0 aromatic heterocycles. The monoisotopic (exact) mass is 197 g/mol. The quantitative estimate of drug-likeness (QED) is 0.606. The molecule has 0 unspecified atom stereocenters. The minimum Gasteiger partial charge on any atom is -0.356 e. The van der Waals surface area contributed by atoms with E-state index in [0.29, 0.717) is 31.5 Å². The summed E-state index contributed by atoms with van der Waals surface area (Å²) in [5.41, 5.74) is 0. The van der Waals surface area contributed by atoms with Crippen molar-refractivity contribution in [3.63, 3.8) is 0 Å². The summed E-state index contributed by atoms with van der Waals surface area (Å²) in [6.07, 6.45) is 2.52. The lowest BCUT2D eigenvalue weighted by molar-refractivity contribution is -0.154. The van der Waals surface area contributed by atoms with Crippen molar-refractivity contribution in [2.24, 2.45) is 11.8 Å². The number of piperidine rings is 1. The topological polar surface area (TPSA) is 47.6 Å². The van der Waals surface area contributed by atoms with E-state index < -0.39 is 0 Å². The van der Waals surface area contributed by atoms with Gasteiger partial charge in [-0.05, 0) is 11.8 Å². The first kappa shape index (κ1) is 8.68. The standard InChI is InChI=1S/C10H15NO3/c12-9-3-7-4-10(13-1-2-14-10)5-8(7)6-11-9/h7-8H,1-6H2,(H,11,12)/t7-,8-/m1/s1. The predicted octanol–water partition coefficient (Wildman–Crippen LogP) is 0.276. The van der Waals surface area contributed by atoms with Crippen LogP contribution in [0.5, 0.6) is 0 Å². The molecule has 3 rings (SSSR count). The van der Waals surface area contributed by atoms with Gasteiger partial charge in [0.05, 0.1) is 13.2 Å². The third kappa shape index (κ3) is 1.25. The van der Waals surface area contributed by atoms with Crippen LogP contribution in [0.4, 0.5) is 0 Å². The van der Waals surface area contributed by atoms with E-state index >= 15 is 0 Å². The Bertz CT molecular complexity index is 260. The molecule has 2 atom stereocenters. The Balaban J connectivity index is 1.75. The van der Waals surface area contributed by atoms with E-state index in [-0.39, 0.29) is 11.7 Å². The molecule has 0 bridgehead atoms. The number of hydrogen-bond acceptors (Lipinski definition) is 3. The molecule has 78 valence electrons. The van der Waals surface area contributed by atoms with Crippen LogP contribution in [-0.4, -0.2) is 31.5 Å². The average Bonchev–Trinajstić information content (AvgIpc) is 2.72. The minimum atomic E-state index is -0.332. The van der Waals surface area contributed by atoms with Gasteiger partial charge in [-0.25, -0.2) is 0 Å². The highest BCUT2D eigenvalue weighted by atomic mass is 16.7. The molecule has 1 spiro atoms. The summed E-state index contributed by atoms with van der Waals surface area (Å²) in [6, 6.07) is 0. The van der Waals surface area contributed by atoms with Gasteiger partial charge >= 0.3 is 0 Å². The van der Waals surface area contributed by atoms with E-state index in [2.05, 4.69) is 5.32 Å². The highest BCUT2D eigenvalue weighted by Gasteiger charge is 2.50. The molecule has 3 aliphatic rings. The Labute approximate surface area is 82.9 Å². The molecule has 0 aromatic rings. The Morgan fingerprint density at radius 3 is 2.71 bits per heavy atom. The van der Waals surface area contributed by atoms with Gasteiger partial charge < -0.3 is 14.8 Å². The second kappa shape index (κ2) is 2.94. The van der Waals surface area contributed by atoms with Crippen molar-refractivity contribution >= 4 is 5.91 Å². The molecule has 1 N–H and O–H groups in total. The molecule has 1 saturated carbocycles. The van der Waals surface area contributed by atoms with Crippen LogP contribution in [0, 0.1) is 11.8 Å². The lowest BCUT2D eigenvalue weighted by Gasteiger charge is -2.24. The number of carbonyl (C=O) groups excluding carboxylic acids is 1. The van der Waals surface area contributed by atoms with Crippen molar-refractivity contribution in [3.05, 3.63) is 0 Å². The van der Waals surface area contributed by atoms with E-state index in [1.165, 1.54) is 0 Å². The summed E-state index contributed by atoms with van der Waals surface area (Å²) in [7, 11) is 0. The molecule has 4 nitrogen and oxygen atoms in total. The summed E-state index contributed by atoms with van der Waals surface area (Å²) in [5.74, 6) is 0.885. The van der Waals surface area contributed by atoms with Crippen LogP contribution in [0.1, 0.15) is 19.3 Å². The van der Waals surface area contributed by atoms with Crippen molar-refractivity contribution in [2.75, 3.05) is 19.8 Å². The maximum absolute atomic E-state index is 11.2. The van der Waals surface area contributed by atoms with Gasteiger partial charge in [0.1, 0.15) is 0 Å². The molecule has 0 aromatic carbocycles. The number of carbonyl (C=O) groups is 1. The SMILES string of the molecule is O=C1C[C@@H]2CC3(C[C@@H]2CN1)OCCO3. The fourth-order valence-corrected chi connectivity index (χ4v) is 2.98. The fourth-order valence-electron chi connectivity index (χ4n) is 2.98. The van der Waals surface area contributed by atoms with E-state index in [1.54, 1.807) is 0 Å². The molecule has 4 heteroatoms. The number of nitrogens with one attached hydrogen (secondary N) is 1. The second-order valence-electron chi connectivity index (χ2n) is 4.54. The summed E-state index contributed by atoms with van der Waals surface area (Å²) >= 11 is 0. The summed E-state index contributed by atoms with van der Waals surface area (Å²) in [4.78, 5) is 11.2. The third-order valence-corrected chi connectivity index (χ3v) is 3.64. The van der Waals surface area contributed by atoms with Gasteiger partial charge in [0.2, 0.25) is 5.91 Å². The molecular formula is C10H15NO3. The first-order chi connectivity index (χ1) is 6.77. The fraction of sp³-hybridized carbons (Fsp3) is 0.900. The molecule has 1 aliphatic carbocycles. The first-order valence-corrected chi connectivity index (χ1v) is 5.32. The smallest absolute Gasteiger partial charge is 0.220 e. The summed E-state index contributed by atoms with van der Waals surface area (Å²) in [6.45, 7) is 2.22. The highest BCUT2D eigenvalue weighted by Crippen LogP contribution is 2.46. The first-order valence-electron chi connectivity index (χ1n) is 5.32. The van der Waals surface area contributed by atoms with Crippen molar-refractivity contribution in [1.82, 2.24) is 5.32 Å². The molecule has 1 amide bonds. The van der Waals surface area contributed by atoms with Crippen LogP contribution in [0.2, 0.25) is 0 Å². The zero-order chi connectivity index (χ0) is 9.60. The lowest BCUT2D eigenvalue weighted by atomic mass is 9.89. The number of rotatable bonds is 0. The van der Waals surface area contributed by atoms with Crippen molar-refractivity contribution < 1.29 is 14.3 Å². The zero-order valence-corrected chi connectivity index (χ0v) is 8.12. The largest absolute Gasteiger partial charge is 0.356 e. The lowest BCUT2D eigenvalue weighted by Crippen LogP contribution is -2.38. The Kier molecular flexibility index (Phi) is 1.82. The molecule has 14 heavy (non-hydrogen) atoms. The van der Waals surface area contributed by atoms with Crippen molar-refractivity contribution in [1.29, 1.82) is 0 Å². The number of ether oxygens (including phenoxy) is 2. The van der Waals surface area contributed by atoms with E-state index in [4.69, 9.17) is 9.47 Å².